The second-order valence-electron chi connectivity index (χ2n) is 7.36. The van der Waals surface area contributed by atoms with Crippen LogP contribution in [0.25, 0.3) is 0 Å². The van der Waals surface area contributed by atoms with E-state index in [0.29, 0.717) is 0 Å². The first-order valence-electron chi connectivity index (χ1n) is 6.78. The molecule has 76 valence electrons. The van der Waals surface area contributed by atoms with Crippen LogP contribution in [0.1, 0.15) is 39.0 Å². The quantitative estimate of drug-likeness (QED) is 0.547. The standard InChI is InChI=1S/C14H20/c1-7-2-8-4-14-5-10-9(3-12(8)14)13(7)11(10)6-14/h7-13H,2-6H2,1H3. The van der Waals surface area contributed by atoms with Gasteiger partial charge in [0.05, 0.1) is 0 Å². The van der Waals surface area contributed by atoms with E-state index in [0.717, 1.165) is 11.3 Å². The maximum Gasteiger partial charge on any atom is -0.0258 e. The lowest BCUT2D eigenvalue weighted by Gasteiger charge is -2.57. The van der Waals surface area contributed by atoms with Crippen molar-refractivity contribution in [2.24, 2.45) is 46.8 Å². The molecule has 0 nitrogen and oxygen atoms in total. The minimum Gasteiger partial charge on any atom is -0.0622 e. The van der Waals surface area contributed by atoms with Gasteiger partial charge < -0.3 is 0 Å². The van der Waals surface area contributed by atoms with Crippen molar-refractivity contribution < 1.29 is 0 Å². The van der Waals surface area contributed by atoms with Crippen molar-refractivity contribution in [2.45, 2.75) is 39.0 Å². The highest BCUT2D eigenvalue weighted by Crippen LogP contribution is 2.80. The molecule has 0 N–H and O–H groups in total. The average molecular weight is 188 g/mol. The molecule has 8 atom stereocenters. The third-order valence-electron chi connectivity index (χ3n) is 7.26. The molecule has 0 saturated heterocycles. The van der Waals surface area contributed by atoms with Crippen LogP contribution in [-0.2, 0) is 0 Å². The smallest absolute Gasteiger partial charge is 0.0258 e. The van der Waals surface area contributed by atoms with Crippen LogP contribution in [0.2, 0.25) is 0 Å². The SMILES string of the molecule is CC1CC2CC34CC5C(CC23)C1C5C4. The zero-order chi connectivity index (χ0) is 9.08. The molecule has 5 saturated carbocycles. The van der Waals surface area contributed by atoms with Gasteiger partial charge in [0, 0.05) is 0 Å². The van der Waals surface area contributed by atoms with E-state index >= 15 is 0 Å². The van der Waals surface area contributed by atoms with E-state index in [1.807, 2.05) is 0 Å². The van der Waals surface area contributed by atoms with Gasteiger partial charge in [-0.25, -0.2) is 0 Å². The summed E-state index contributed by atoms with van der Waals surface area (Å²) in [5, 5.41) is 0. The molecule has 5 rings (SSSR count). The fraction of sp³-hybridized carbons (Fsp3) is 1.00. The normalized spacial score (nSPS) is 76.5. The number of hydrogen-bond donors (Lipinski definition) is 0. The maximum atomic E-state index is 2.57. The van der Waals surface area contributed by atoms with Crippen LogP contribution in [0, 0.1) is 46.8 Å². The van der Waals surface area contributed by atoms with E-state index in [9.17, 15) is 0 Å². The summed E-state index contributed by atoms with van der Waals surface area (Å²) in [6.07, 6.45) is 8.27. The molecular formula is C14H20. The van der Waals surface area contributed by atoms with Crippen molar-refractivity contribution in [3.05, 3.63) is 0 Å². The zero-order valence-electron chi connectivity index (χ0n) is 9.08. The van der Waals surface area contributed by atoms with E-state index in [1.54, 1.807) is 32.1 Å². The number of hydrogen-bond acceptors (Lipinski definition) is 0. The molecule has 0 aromatic carbocycles. The summed E-state index contributed by atoms with van der Waals surface area (Å²) in [5.41, 5.74) is 0.936. The van der Waals surface area contributed by atoms with Crippen molar-refractivity contribution in [3.8, 4) is 0 Å². The third kappa shape index (κ3) is 0.517. The summed E-state index contributed by atoms with van der Waals surface area (Å²) in [5.74, 6) is 8.31. The Morgan fingerprint density at radius 3 is 2.71 bits per heavy atom. The van der Waals surface area contributed by atoms with Crippen molar-refractivity contribution in [1.29, 1.82) is 0 Å². The molecule has 1 spiro atoms. The van der Waals surface area contributed by atoms with Gasteiger partial charge in [0.1, 0.15) is 0 Å². The predicted molar refractivity (Wildman–Crippen MR) is 55.6 cm³/mol. The van der Waals surface area contributed by atoms with Gasteiger partial charge in [0.25, 0.3) is 0 Å². The Morgan fingerprint density at radius 2 is 1.79 bits per heavy atom. The van der Waals surface area contributed by atoms with Crippen LogP contribution in [0.15, 0.2) is 0 Å². The second-order valence-corrected chi connectivity index (χ2v) is 7.36. The first kappa shape index (κ1) is 7.30. The topological polar surface area (TPSA) is 0 Å². The van der Waals surface area contributed by atoms with E-state index in [4.69, 9.17) is 0 Å². The van der Waals surface area contributed by atoms with Gasteiger partial charge in [-0.15, -0.1) is 0 Å². The Hall–Kier alpha value is 0. The number of rotatable bonds is 0. The second kappa shape index (κ2) is 1.83. The van der Waals surface area contributed by atoms with E-state index < -0.39 is 0 Å². The highest BCUT2D eigenvalue weighted by atomic mass is 14.8. The summed E-state index contributed by atoms with van der Waals surface area (Å²) in [6, 6.07) is 0. The summed E-state index contributed by atoms with van der Waals surface area (Å²) in [7, 11) is 0. The lowest BCUT2D eigenvalue weighted by atomic mass is 9.48. The first-order chi connectivity index (χ1) is 6.78. The molecule has 4 bridgehead atoms. The van der Waals surface area contributed by atoms with Crippen molar-refractivity contribution in [3.63, 3.8) is 0 Å². The molecular weight excluding hydrogens is 168 g/mol. The van der Waals surface area contributed by atoms with Gasteiger partial charge in [-0.3, -0.25) is 0 Å². The fourth-order valence-electron chi connectivity index (χ4n) is 7.09. The lowest BCUT2D eigenvalue weighted by molar-refractivity contribution is -0.0827. The first-order valence-corrected chi connectivity index (χ1v) is 6.78. The zero-order valence-corrected chi connectivity index (χ0v) is 9.08. The Morgan fingerprint density at radius 1 is 0.929 bits per heavy atom. The van der Waals surface area contributed by atoms with Gasteiger partial charge in [-0.05, 0) is 78.9 Å². The van der Waals surface area contributed by atoms with Gasteiger partial charge in [0.2, 0.25) is 0 Å². The summed E-state index contributed by atoms with van der Waals surface area (Å²) in [6.45, 7) is 2.57. The van der Waals surface area contributed by atoms with Crippen LogP contribution < -0.4 is 0 Å². The molecule has 8 unspecified atom stereocenters. The molecule has 0 heterocycles. The molecule has 0 heteroatoms. The van der Waals surface area contributed by atoms with Crippen molar-refractivity contribution >= 4 is 0 Å². The fourth-order valence-corrected chi connectivity index (χ4v) is 7.09. The summed E-state index contributed by atoms with van der Waals surface area (Å²) >= 11 is 0. The Kier molecular flexibility index (Phi) is 0.954. The molecule has 0 radical (unpaired) electrons. The highest BCUT2D eigenvalue weighted by Gasteiger charge is 2.73. The largest absolute Gasteiger partial charge is 0.0622 e. The molecule has 5 fully saturated rings. The Bertz CT molecular complexity index is 309. The van der Waals surface area contributed by atoms with Crippen LogP contribution in [-0.4, -0.2) is 0 Å². The van der Waals surface area contributed by atoms with Crippen LogP contribution in [0.4, 0.5) is 0 Å². The minimum absolute atomic E-state index is 0.936. The molecule has 0 aliphatic heterocycles. The monoisotopic (exact) mass is 188 g/mol. The van der Waals surface area contributed by atoms with Gasteiger partial charge >= 0.3 is 0 Å². The summed E-state index contributed by atoms with van der Waals surface area (Å²) < 4.78 is 0. The van der Waals surface area contributed by atoms with E-state index in [1.165, 1.54) is 35.5 Å². The lowest BCUT2D eigenvalue weighted by Crippen LogP contribution is -2.50. The van der Waals surface area contributed by atoms with Gasteiger partial charge in [0.15, 0.2) is 0 Å². The van der Waals surface area contributed by atoms with Crippen molar-refractivity contribution in [2.75, 3.05) is 0 Å². The van der Waals surface area contributed by atoms with Gasteiger partial charge in [-0.2, -0.15) is 0 Å². The maximum absolute atomic E-state index is 2.57. The van der Waals surface area contributed by atoms with Crippen LogP contribution in [0.3, 0.4) is 0 Å². The molecule has 5 aliphatic carbocycles. The molecule has 0 amide bonds. The summed E-state index contributed by atoms with van der Waals surface area (Å²) in [4.78, 5) is 0. The van der Waals surface area contributed by atoms with Crippen LogP contribution in [0.5, 0.6) is 0 Å². The molecule has 5 aliphatic rings. The average Bonchev–Trinajstić information content (AvgIpc) is 2.34. The van der Waals surface area contributed by atoms with Crippen LogP contribution >= 0.6 is 0 Å². The molecule has 14 heavy (non-hydrogen) atoms. The van der Waals surface area contributed by atoms with E-state index in [2.05, 4.69) is 6.92 Å². The minimum atomic E-state index is 0.936. The van der Waals surface area contributed by atoms with Gasteiger partial charge in [-0.1, -0.05) is 6.92 Å². The van der Waals surface area contributed by atoms with Crippen molar-refractivity contribution in [1.82, 2.24) is 0 Å². The Labute approximate surface area is 86.5 Å². The molecule has 0 aromatic rings. The molecule has 0 aromatic heterocycles. The van der Waals surface area contributed by atoms with E-state index in [-0.39, 0.29) is 0 Å². The predicted octanol–water partition coefficient (Wildman–Crippen LogP) is 3.32. The Balaban J connectivity index is 1.72. The third-order valence-corrected chi connectivity index (χ3v) is 7.26. The highest BCUT2D eigenvalue weighted by molar-refractivity contribution is 5.21. The number of fused-ring (bicyclic) bond motifs is 1.